The maximum absolute atomic E-state index is 13.0. The number of hydrogen-bond acceptors (Lipinski definition) is 5. The summed E-state index contributed by atoms with van der Waals surface area (Å²) in [5, 5.41) is 2.07. The summed E-state index contributed by atoms with van der Waals surface area (Å²) >= 11 is 4.35. The molecule has 0 bridgehead atoms. The molecule has 37 heavy (non-hydrogen) atoms. The number of carbonyl (C=O) groups is 2. The van der Waals surface area contributed by atoms with Gasteiger partial charge >= 0.3 is 0 Å². The number of carbonyl (C=O) groups excluding carboxylic acids is 2. The maximum Gasteiger partial charge on any atom is 0.293 e. The highest BCUT2D eigenvalue weighted by Crippen LogP contribution is 2.36. The van der Waals surface area contributed by atoms with E-state index in [1.165, 1.54) is 10.3 Å². The average molecular weight is 574 g/mol. The van der Waals surface area contributed by atoms with Gasteiger partial charge in [-0.3, -0.25) is 14.5 Å². The summed E-state index contributed by atoms with van der Waals surface area (Å²) in [7, 11) is 0. The molecule has 1 aliphatic rings. The molecule has 2 amide bonds. The number of nitrogens with zero attached hydrogens (tertiary/aromatic N) is 1. The van der Waals surface area contributed by atoms with E-state index in [4.69, 9.17) is 9.47 Å². The predicted octanol–water partition coefficient (Wildman–Crippen LogP) is 7.82. The van der Waals surface area contributed by atoms with Crippen molar-refractivity contribution in [1.29, 1.82) is 0 Å². The van der Waals surface area contributed by atoms with Crippen molar-refractivity contribution in [3.63, 3.8) is 0 Å². The van der Waals surface area contributed by atoms with E-state index in [1.807, 2.05) is 61.5 Å². The fourth-order valence-electron chi connectivity index (χ4n) is 4.05. The van der Waals surface area contributed by atoms with Crippen LogP contribution >= 0.6 is 27.7 Å². The molecule has 0 aromatic heterocycles. The van der Waals surface area contributed by atoms with E-state index in [0.717, 1.165) is 38.3 Å². The van der Waals surface area contributed by atoms with Crippen molar-refractivity contribution in [2.45, 2.75) is 20.1 Å². The molecule has 4 aromatic carbocycles. The van der Waals surface area contributed by atoms with Crippen LogP contribution in [0.5, 0.6) is 11.5 Å². The zero-order chi connectivity index (χ0) is 25.8. The monoisotopic (exact) mass is 573 g/mol. The quantitative estimate of drug-likeness (QED) is 0.201. The molecule has 186 valence electrons. The summed E-state index contributed by atoms with van der Waals surface area (Å²) in [5.74, 6) is 0.911. The number of amides is 2. The first-order chi connectivity index (χ1) is 18.0. The molecule has 0 saturated carbocycles. The second kappa shape index (κ2) is 11.2. The molecule has 0 aliphatic carbocycles. The standard InChI is InChI=1S/C30H24BrNO4S/c1-2-35-27-16-21(10-14-26(27)36-19-22-7-11-23-5-3-4-6-24(23)15-22)17-28-29(33)32(30(34)37-28)18-20-8-12-25(31)13-9-20/h3-17H,2,18-19H2,1H3/b28-17-. The van der Waals surface area contributed by atoms with Crippen LogP contribution in [0.2, 0.25) is 0 Å². The Balaban J connectivity index is 1.31. The van der Waals surface area contributed by atoms with Gasteiger partial charge in [0.25, 0.3) is 11.1 Å². The summed E-state index contributed by atoms with van der Waals surface area (Å²) in [4.78, 5) is 27.2. The van der Waals surface area contributed by atoms with Crippen molar-refractivity contribution in [3.05, 3.63) is 111 Å². The minimum absolute atomic E-state index is 0.237. The van der Waals surface area contributed by atoms with Gasteiger partial charge in [-0.05, 0) is 82.6 Å². The Morgan fingerprint density at radius 2 is 1.59 bits per heavy atom. The second-order valence-electron chi connectivity index (χ2n) is 8.50. The third-order valence-electron chi connectivity index (χ3n) is 5.90. The van der Waals surface area contributed by atoms with Gasteiger partial charge in [0.05, 0.1) is 18.1 Å². The Hall–Kier alpha value is -3.55. The van der Waals surface area contributed by atoms with E-state index in [-0.39, 0.29) is 17.7 Å². The maximum atomic E-state index is 13.0. The van der Waals surface area contributed by atoms with Gasteiger partial charge in [-0.25, -0.2) is 0 Å². The van der Waals surface area contributed by atoms with Crippen LogP contribution in [-0.2, 0) is 17.9 Å². The lowest BCUT2D eigenvalue weighted by Crippen LogP contribution is -2.27. The molecule has 0 unspecified atom stereocenters. The molecule has 5 nitrogen and oxygen atoms in total. The average Bonchev–Trinajstić information content (AvgIpc) is 3.16. The number of imide groups is 1. The number of benzene rings is 4. The van der Waals surface area contributed by atoms with E-state index in [0.29, 0.717) is 29.6 Å². The zero-order valence-electron chi connectivity index (χ0n) is 20.1. The highest BCUT2D eigenvalue weighted by Gasteiger charge is 2.35. The molecule has 1 fully saturated rings. The van der Waals surface area contributed by atoms with Gasteiger partial charge in [0.1, 0.15) is 6.61 Å². The van der Waals surface area contributed by atoms with Gasteiger partial charge in [-0.1, -0.05) is 70.5 Å². The lowest BCUT2D eigenvalue weighted by molar-refractivity contribution is -0.123. The van der Waals surface area contributed by atoms with Crippen molar-refractivity contribution in [2.24, 2.45) is 0 Å². The molecule has 0 N–H and O–H groups in total. The minimum atomic E-state index is -0.299. The SMILES string of the molecule is CCOc1cc(/C=C2\SC(=O)N(Cc3ccc(Br)cc3)C2=O)ccc1OCc1ccc2ccccc2c1. The molecule has 1 saturated heterocycles. The van der Waals surface area contributed by atoms with Crippen LogP contribution in [0.25, 0.3) is 16.8 Å². The molecular formula is C30H24BrNO4S. The van der Waals surface area contributed by atoms with Gasteiger partial charge in [-0.15, -0.1) is 0 Å². The lowest BCUT2D eigenvalue weighted by atomic mass is 10.1. The molecule has 4 aromatic rings. The molecule has 5 rings (SSSR count). The van der Waals surface area contributed by atoms with Crippen LogP contribution in [0.3, 0.4) is 0 Å². The Morgan fingerprint density at radius 3 is 2.38 bits per heavy atom. The first-order valence-corrected chi connectivity index (χ1v) is 13.5. The van der Waals surface area contributed by atoms with Crippen LogP contribution in [-0.4, -0.2) is 22.7 Å². The van der Waals surface area contributed by atoms with E-state index in [1.54, 1.807) is 6.08 Å². The highest BCUT2D eigenvalue weighted by atomic mass is 79.9. The van der Waals surface area contributed by atoms with Crippen molar-refractivity contribution < 1.29 is 19.1 Å². The van der Waals surface area contributed by atoms with Gasteiger partial charge < -0.3 is 9.47 Å². The fraction of sp³-hybridized carbons (Fsp3) is 0.133. The summed E-state index contributed by atoms with van der Waals surface area (Å²) in [6, 6.07) is 27.6. The van der Waals surface area contributed by atoms with Crippen LogP contribution < -0.4 is 9.47 Å². The molecule has 7 heteroatoms. The van der Waals surface area contributed by atoms with Gasteiger partial charge in [0.15, 0.2) is 11.5 Å². The van der Waals surface area contributed by atoms with E-state index in [2.05, 4.69) is 46.3 Å². The second-order valence-corrected chi connectivity index (χ2v) is 10.4. The smallest absolute Gasteiger partial charge is 0.293 e. The Bertz CT molecular complexity index is 1500. The van der Waals surface area contributed by atoms with Gasteiger partial charge in [0, 0.05) is 4.47 Å². The number of ether oxygens (including phenoxy) is 2. The van der Waals surface area contributed by atoms with Crippen LogP contribution in [0.4, 0.5) is 4.79 Å². The predicted molar refractivity (Wildman–Crippen MR) is 152 cm³/mol. The molecule has 0 radical (unpaired) electrons. The Morgan fingerprint density at radius 1 is 0.838 bits per heavy atom. The van der Waals surface area contributed by atoms with Crippen molar-refractivity contribution in [1.82, 2.24) is 4.90 Å². The lowest BCUT2D eigenvalue weighted by Gasteiger charge is -2.13. The number of fused-ring (bicyclic) bond motifs is 1. The molecule has 0 spiro atoms. The highest BCUT2D eigenvalue weighted by molar-refractivity contribution is 9.10. The van der Waals surface area contributed by atoms with E-state index >= 15 is 0 Å². The van der Waals surface area contributed by atoms with Crippen molar-refractivity contribution in [2.75, 3.05) is 6.61 Å². The molecule has 1 aliphatic heterocycles. The molecule has 1 heterocycles. The van der Waals surface area contributed by atoms with Gasteiger partial charge in [-0.2, -0.15) is 0 Å². The normalized spacial score (nSPS) is 14.5. The summed E-state index contributed by atoms with van der Waals surface area (Å²) < 4.78 is 12.9. The minimum Gasteiger partial charge on any atom is -0.490 e. The summed E-state index contributed by atoms with van der Waals surface area (Å²) in [6.45, 7) is 3.02. The number of rotatable bonds is 8. The van der Waals surface area contributed by atoms with Crippen molar-refractivity contribution >= 4 is 55.7 Å². The van der Waals surface area contributed by atoms with E-state index < -0.39 is 0 Å². The molecular weight excluding hydrogens is 550 g/mol. The topological polar surface area (TPSA) is 55.8 Å². The fourth-order valence-corrected chi connectivity index (χ4v) is 5.15. The third kappa shape index (κ3) is 5.89. The number of halogens is 1. The van der Waals surface area contributed by atoms with Crippen molar-refractivity contribution in [3.8, 4) is 11.5 Å². The Kier molecular flexibility index (Phi) is 7.63. The van der Waals surface area contributed by atoms with Crippen LogP contribution in [0.15, 0.2) is 94.3 Å². The number of hydrogen-bond donors (Lipinski definition) is 0. The summed E-state index contributed by atoms with van der Waals surface area (Å²) in [5.41, 5.74) is 2.71. The van der Waals surface area contributed by atoms with E-state index in [9.17, 15) is 9.59 Å². The third-order valence-corrected chi connectivity index (χ3v) is 7.34. The summed E-state index contributed by atoms with van der Waals surface area (Å²) in [6.07, 6.45) is 1.72. The van der Waals surface area contributed by atoms with Gasteiger partial charge in [0.2, 0.25) is 0 Å². The van der Waals surface area contributed by atoms with Crippen LogP contribution in [0.1, 0.15) is 23.6 Å². The zero-order valence-corrected chi connectivity index (χ0v) is 22.6. The first-order valence-electron chi connectivity index (χ1n) is 11.9. The van der Waals surface area contributed by atoms with Crippen LogP contribution in [0, 0.1) is 0 Å². The first kappa shape index (κ1) is 25.1. The molecule has 0 atom stereocenters. The Labute approximate surface area is 228 Å². The number of thioether (sulfide) groups is 1. The largest absolute Gasteiger partial charge is 0.490 e.